The third-order valence-electron chi connectivity index (χ3n) is 4.68. The molecule has 0 saturated heterocycles. The van der Waals surface area contributed by atoms with E-state index in [4.69, 9.17) is 11.6 Å². The molecule has 0 heterocycles. The van der Waals surface area contributed by atoms with Gasteiger partial charge in [-0.25, -0.2) is 0 Å². The third kappa shape index (κ3) is 5.29. The van der Waals surface area contributed by atoms with Crippen LogP contribution in [0.25, 0.3) is 0 Å². The van der Waals surface area contributed by atoms with Gasteiger partial charge in [0.25, 0.3) is 0 Å². The minimum atomic E-state index is -0.126. The minimum absolute atomic E-state index is 0.126. The van der Waals surface area contributed by atoms with E-state index in [0.29, 0.717) is 5.92 Å². The number of likely N-dealkylation sites (N-methyl/N-ethyl adjacent to an activating group) is 1. The molecule has 3 nitrogen and oxygen atoms in total. The molecule has 0 aliphatic heterocycles. The number of carbonyl (C=O) groups excluding carboxylic acids is 1. The van der Waals surface area contributed by atoms with Gasteiger partial charge in [0.05, 0.1) is 6.04 Å². The predicted molar refractivity (Wildman–Crippen MR) is 92.0 cm³/mol. The van der Waals surface area contributed by atoms with Crippen molar-refractivity contribution in [2.75, 3.05) is 13.6 Å². The van der Waals surface area contributed by atoms with E-state index in [1.165, 1.54) is 37.7 Å². The third-order valence-corrected chi connectivity index (χ3v) is 4.93. The van der Waals surface area contributed by atoms with Crippen LogP contribution in [0.2, 0.25) is 5.02 Å². The van der Waals surface area contributed by atoms with Gasteiger partial charge in [-0.05, 0) is 50.4 Å². The van der Waals surface area contributed by atoms with Crippen LogP contribution in [-0.4, -0.2) is 30.4 Å². The van der Waals surface area contributed by atoms with E-state index in [0.717, 1.165) is 18.1 Å². The van der Waals surface area contributed by atoms with Crippen molar-refractivity contribution < 1.29 is 4.79 Å². The highest BCUT2D eigenvalue weighted by atomic mass is 35.5. The molecular weight excluding hydrogens is 296 g/mol. The molecule has 1 fully saturated rings. The van der Waals surface area contributed by atoms with Gasteiger partial charge in [-0.1, -0.05) is 43.0 Å². The first-order valence-electron chi connectivity index (χ1n) is 8.28. The molecule has 1 aromatic rings. The summed E-state index contributed by atoms with van der Waals surface area (Å²) in [6, 6.07) is 7.66. The Balaban J connectivity index is 1.77. The van der Waals surface area contributed by atoms with Crippen LogP contribution in [-0.2, 0) is 11.3 Å². The van der Waals surface area contributed by atoms with E-state index < -0.39 is 0 Å². The number of halogens is 1. The maximum atomic E-state index is 12.3. The first-order valence-corrected chi connectivity index (χ1v) is 8.66. The quantitative estimate of drug-likeness (QED) is 0.862. The number of hydrogen-bond donors (Lipinski definition) is 1. The van der Waals surface area contributed by atoms with Crippen LogP contribution in [0.5, 0.6) is 0 Å². The summed E-state index contributed by atoms with van der Waals surface area (Å²) in [7, 11) is 1.99. The Hall–Kier alpha value is -1.06. The summed E-state index contributed by atoms with van der Waals surface area (Å²) in [5.41, 5.74) is 1.17. The summed E-state index contributed by atoms with van der Waals surface area (Å²) in [4.78, 5) is 14.4. The van der Waals surface area contributed by atoms with Gasteiger partial charge in [-0.3, -0.25) is 9.69 Å². The zero-order valence-corrected chi connectivity index (χ0v) is 14.4. The molecule has 0 radical (unpaired) electrons. The average molecular weight is 323 g/mol. The van der Waals surface area contributed by atoms with Crippen LogP contribution in [0.1, 0.15) is 44.6 Å². The van der Waals surface area contributed by atoms with Crippen molar-refractivity contribution in [1.82, 2.24) is 10.2 Å². The zero-order chi connectivity index (χ0) is 15.9. The molecule has 4 heteroatoms. The highest BCUT2D eigenvalue weighted by molar-refractivity contribution is 6.30. The standard InChI is InChI=1S/C18H27ClN2O/c1-14(18(22)20-12-15-6-4-3-5-7-15)21(2)13-16-8-10-17(19)11-9-16/h8-11,14-15H,3-7,12-13H2,1-2H3,(H,20,22). The number of benzene rings is 1. The highest BCUT2D eigenvalue weighted by Gasteiger charge is 2.20. The van der Waals surface area contributed by atoms with E-state index in [9.17, 15) is 4.79 Å². The maximum absolute atomic E-state index is 12.3. The van der Waals surface area contributed by atoms with Gasteiger partial charge in [0.1, 0.15) is 0 Å². The zero-order valence-electron chi connectivity index (χ0n) is 13.6. The van der Waals surface area contributed by atoms with Crippen molar-refractivity contribution in [1.29, 1.82) is 0 Å². The van der Waals surface area contributed by atoms with Gasteiger partial charge in [0.15, 0.2) is 0 Å². The number of carbonyl (C=O) groups is 1. The van der Waals surface area contributed by atoms with E-state index in [1.807, 2.05) is 38.2 Å². The molecule has 1 unspecified atom stereocenters. The smallest absolute Gasteiger partial charge is 0.237 e. The first kappa shape index (κ1) is 17.3. The van der Waals surface area contributed by atoms with Crippen molar-refractivity contribution in [3.63, 3.8) is 0 Å². The van der Waals surface area contributed by atoms with Crippen molar-refractivity contribution >= 4 is 17.5 Å². The Morgan fingerprint density at radius 2 is 1.91 bits per heavy atom. The van der Waals surface area contributed by atoms with Crippen LogP contribution in [0.15, 0.2) is 24.3 Å². The molecule has 1 atom stereocenters. The lowest BCUT2D eigenvalue weighted by atomic mass is 9.89. The van der Waals surface area contributed by atoms with Gasteiger partial charge in [-0.15, -0.1) is 0 Å². The molecule has 1 amide bonds. The van der Waals surface area contributed by atoms with E-state index >= 15 is 0 Å². The molecule has 1 saturated carbocycles. The molecule has 22 heavy (non-hydrogen) atoms. The van der Waals surface area contributed by atoms with Gasteiger partial charge in [0, 0.05) is 18.1 Å². The Morgan fingerprint density at radius 3 is 2.55 bits per heavy atom. The molecule has 1 aliphatic rings. The topological polar surface area (TPSA) is 32.3 Å². The lowest BCUT2D eigenvalue weighted by Crippen LogP contribution is -2.44. The lowest BCUT2D eigenvalue weighted by molar-refractivity contribution is -0.125. The van der Waals surface area contributed by atoms with Crippen molar-refractivity contribution in [3.05, 3.63) is 34.9 Å². The minimum Gasteiger partial charge on any atom is -0.354 e. The van der Waals surface area contributed by atoms with Crippen molar-refractivity contribution in [2.24, 2.45) is 5.92 Å². The van der Waals surface area contributed by atoms with Crippen LogP contribution in [0.3, 0.4) is 0 Å². The van der Waals surface area contributed by atoms with E-state index in [1.54, 1.807) is 0 Å². The molecule has 2 rings (SSSR count). The summed E-state index contributed by atoms with van der Waals surface area (Å²) >= 11 is 5.90. The largest absolute Gasteiger partial charge is 0.354 e. The van der Waals surface area contributed by atoms with Crippen LogP contribution < -0.4 is 5.32 Å². The molecule has 0 spiro atoms. The monoisotopic (exact) mass is 322 g/mol. The number of nitrogens with zero attached hydrogens (tertiary/aromatic N) is 1. The first-order chi connectivity index (χ1) is 10.6. The fourth-order valence-corrected chi connectivity index (χ4v) is 3.12. The SMILES string of the molecule is CC(C(=O)NCC1CCCCC1)N(C)Cc1ccc(Cl)cc1. The molecule has 1 aliphatic carbocycles. The predicted octanol–water partition coefficient (Wildman–Crippen LogP) is 3.86. The molecule has 1 N–H and O–H groups in total. The molecule has 1 aromatic carbocycles. The summed E-state index contributed by atoms with van der Waals surface area (Å²) in [6.45, 7) is 3.54. The second-order valence-electron chi connectivity index (χ2n) is 6.47. The Bertz CT molecular complexity index is 468. The van der Waals surface area contributed by atoms with Gasteiger partial charge in [-0.2, -0.15) is 0 Å². The molecular formula is C18H27ClN2O. The highest BCUT2D eigenvalue weighted by Crippen LogP contribution is 2.22. The fraction of sp³-hybridized carbons (Fsp3) is 0.611. The number of amides is 1. The van der Waals surface area contributed by atoms with Gasteiger partial charge < -0.3 is 5.32 Å². The Morgan fingerprint density at radius 1 is 1.27 bits per heavy atom. The number of rotatable bonds is 6. The molecule has 122 valence electrons. The van der Waals surface area contributed by atoms with E-state index in [2.05, 4.69) is 10.2 Å². The summed E-state index contributed by atoms with van der Waals surface area (Å²) < 4.78 is 0. The molecule has 0 aromatic heterocycles. The van der Waals surface area contributed by atoms with Crippen LogP contribution in [0.4, 0.5) is 0 Å². The van der Waals surface area contributed by atoms with Crippen LogP contribution >= 0.6 is 11.6 Å². The average Bonchev–Trinajstić information content (AvgIpc) is 2.55. The van der Waals surface area contributed by atoms with Crippen molar-refractivity contribution in [2.45, 2.75) is 51.6 Å². The second-order valence-corrected chi connectivity index (χ2v) is 6.90. The summed E-state index contributed by atoms with van der Waals surface area (Å²) in [5.74, 6) is 0.800. The maximum Gasteiger partial charge on any atom is 0.237 e. The summed E-state index contributed by atoms with van der Waals surface area (Å²) in [6.07, 6.45) is 6.49. The van der Waals surface area contributed by atoms with Gasteiger partial charge >= 0.3 is 0 Å². The Labute approximate surface area is 139 Å². The van der Waals surface area contributed by atoms with Gasteiger partial charge in [0.2, 0.25) is 5.91 Å². The van der Waals surface area contributed by atoms with E-state index in [-0.39, 0.29) is 11.9 Å². The van der Waals surface area contributed by atoms with Crippen molar-refractivity contribution in [3.8, 4) is 0 Å². The Kier molecular flexibility index (Phi) is 6.71. The fourth-order valence-electron chi connectivity index (χ4n) is 3.00. The van der Waals surface area contributed by atoms with Crippen LogP contribution in [0, 0.1) is 5.92 Å². The second kappa shape index (κ2) is 8.54. The number of hydrogen-bond acceptors (Lipinski definition) is 2. The molecule has 0 bridgehead atoms. The lowest BCUT2D eigenvalue weighted by Gasteiger charge is -2.26. The number of nitrogens with one attached hydrogen (secondary N) is 1. The normalized spacial score (nSPS) is 17.5. The summed E-state index contributed by atoms with van der Waals surface area (Å²) in [5, 5.41) is 3.87.